The van der Waals surface area contributed by atoms with Gasteiger partial charge in [0.1, 0.15) is 6.61 Å². The average Bonchev–Trinajstić information content (AvgIpc) is 2.82. The first-order valence-corrected chi connectivity index (χ1v) is 9.33. The summed E-state index contributed by atoms with van der Waals surface area (Å²) in [6.07, 6.45) is 4.16. The van der Waals surface area contributed by atoms with E-state index in [1.165, 1.54) is 11.1 Å². The highest BCUT2D eigenvalue weighted by Crippen LogP contribution is 2.36. The minimum absolute atomic E-state index is 0.0312. The van der Waals surface area contributed by atoms with Gasteiger partial charge in [-0.1, -0.05) is 17.7 Å². The SMILES string of the molecule is COCC(=O)NC1C[C@@H]2CC[C@@H](C1)N2C(=S)Nc1ccc(C)cc1C. The van der Waals surface area contributed by atoms with Crippen LogP contribution in [0.3, 0.4) is 0 Å². The number of ether oxygens (including phenoxy) is 1. The third-order valence-corrected chi connectivity index (χ3v) is 5.54. The summed E-state index contributed by atoms with van der Waals surface area (Å²) in [7, 11) is 1.54. The maximum Gasteiger partial charge on any atom is 0.246 e. The molecule has 2 saturated heterocycles. The Morgan fingerprint density at radius 2 is 1.96 bits per heavy atom. The molecular formula is C19H27N3O2S. The molecular weight excluding hydrogens is 334 g/mol. The molecule has 0 spiro atoms. The average molecular weight is 362 g/mol. The fraction of sp³-hybridized carbons (Fsp3) is 0.579. The molecule has 2 aliphatic heterocycles. The van der Waals surface area contributed by atoms with Crippen LogP contribution in [0.5, 0.6) is 0 Å². The number of carbonyl (C=O) groups is 1. The van der Waals surface area contributed by atoms with E-state index in [-0.39, 0.29) is 18.6 Å². The van der Waals surface area contributed by atoms with Gasteiger partial charge in [0.25, 0.3) is 0 Å². The van der Waals surface area contributed by atoms with Crippen LogP contribution in [0.15, 0.2) is 18.2 Å². The van der Waals surface area contributed by atoms with E-state index < -0.39 is 0 Å². The topological polar surface area (TPSA) is 53.6 Å². The number of nitrogens with one attached hydrogen (secondary N) is 2. The predicted molar refractivity (Wildman–Crippen MR) is 104 cm³/mol. The summed E-state index contributed by atoms with van der Waals surface area (Å²) in [5.74, 6) is -0.0312. The Labute approximate surface area is 155 Å². The number of hydrogen-bond donors (Lipinski definition) is 2. The molecule has 2 heterocycles. The van der Waals surface area contributed by atoms with Crippen molar-refractivity contribution in [1.29, 1.82) is 0 Å². The molecule has 1 aromatic carbocycles. The molecule has 2 fully saturated rings. The molecule has 1 amide bonds. The molecule has 0 saturated carbocycles. The van der Waals surface area contributed by atoms with Gasteiger partial charge >= 0.3 is 0 Å². The van der Waals surface area contributed by atoms with Crippen molar-refractivity contribution in [1.82, 2.24) is 10.2 Å². The fourth-order valence-corrected chi connectivity index (χ4v) is 4.57. The number of thiocarbonyl (C=S) groups is 1. The lowest BCUT2D eigenvalue weighted by Crippen LogP contribution is -2.53. The van der Waals surface area contributed by atoms with Crippen molar-refractivity contribution in [2.45, 2.75) is 57.7 Å². The molecule has 1 aromatic rings. The van der Waals surface area contributed by atoms with E-state index >= 15 is 0 Å². The number of piperidine rings is 1. The second-order valence-electron chi connectivity index (χ2n) is 7.21. The van der Waals surface area contributed by atoms with Crippen LogP contribution in [-0.2, 0) is 9.53 Å². The zero-order chi connectivity index (χ0) is 18.0. The molecule has 0 aliphatic carbocycles. The summed E-state index contributed by atoms with van der Waals surface area (Å²) >= 11 is 5.72. The Balaban J connectivity index is 1.62. The number of carbonyl (C=O) groups excluding carboxylic acids is 1. The van der Waals surface area contributed by atoms with Crippen molar-refractivity contribution in [3.05, 3.63) is 29.3 Å². The monoisotopic (exact) mass is 361 g/mol. The first-order chi connectivity index (χ1) is 12.0. The highest BCUT2D eigenvalue weighted by molar-refractivity contribution is 7.80. The summed E-state index contributed by atoms with van der Waals surface area (Å²) in [5, 5.41) is 7.33. The zero-order valence-corrected chi connectivity index (χ0v) is 16.0. The van der Waals surface area contributed by atoms with Crippen LogP contribution in [0.1, 0.15) is 36.8 Å². The van der Waals surface area contributed by atoms with Gasteiger partial charge in [0.2, 0.25) is 5.91 Å². The van der Waals surface area contributed by atoms with Gasteiger partial charge in [-0.15, -0.1) is 0 Å². The fourth-order valence-electron chi connectivity index (χ4n) is 4.16. The number of rotatable bonds is 4. The number of methoxy groups -OCH3 is 1. The van der Waals surface area contributed by atoms with E-state index in [4.69, 9.17) is 17.0 Å². The molecule has 5 nitrogen and oxygen atoms in total. The van der Waals surface area contributed by atoms with Crippen LogP contribution in [0.4, 0.5) is 5.69 Å². The highest BCUT2D eigenvalue weighted by Gasteiger charge is 2.42. The number of nitrogens with zero attached hydrogens (tertiary/aromatic N) is 1. The molecule has 0 unspecified atom stereocenters. The number of fused-ring (bicyclic) bond motifs is 2. The number of anilines is 1. The van der Waals surface area contributed by atoms with Gasteiger partial charge < -0.3 is 20.3 Å². The summed E-state index contributed by atoms with van der Waals surface area (Å²) in [6.45, 7) is 4.32. The van der Waals surface area contributed by atoms with Crippen LogP contribution in [-0.4, -0.2) is 47.8 Å². The molecule has 136 valence electrons. The van der Waals surface area contributed by atoms with Crippen molar-refractivity contribution in [3.8, 4) is 0 Å². The van der Waals surface area contributed by atoms with Crippen LogP contribution in [0, 0.1) is 13.8 Å². The minimum atomic E-state index is -0.0312. The number of benzene rings is 1. The first-order valence-electron chi connectivity index (χ1n) is 8.92. The lowest BCUT2D eigenvalue weighted by molar-refractivity contribution is -0.125. The lowest BCUT2D eigenvalue weighted by atomic mass is 9.97. The Hall–Kier alpha value is -1.66. The van der Waals surface area contributed by atoms with Gasteiger partial charge in [0.05, 0.1) is 0 Å². The molecule has 2 N–H and O–H groups in total. The van der Waals surface area contributed by atoms with E-state index in [2.05, 4.69) is 47.6 Å². The molecule has 3 rings (SSSR count). The molecule has 25 heavy (non-hydrogen) atoms. The number of aryl methyl sites for hydroxylation is 2. The second-order valence-corrected chi connectivity index (χ2v) is 7.60. The number of amides is 1. The highest BCUT2D eigenvalue weighted by atomic mass is 32.1. The zero-order valence-electron chi connectivity index (χ0n) is 15.2. The van der Waals surface area contributed by atoms with Crippen molar-refractivity contribution in [2.75, 3.05) is 19.0 Å². The largest absolute Gasteiger partial charge is 0.375 e. The van der Waals surface area contributed by atoms with Crippen LogP contribution in [0.2, 0.25) is 0 Å². The minimum Gasteiger partial charge on any atom is -0.375 e. The quantitative estimate of drug-likeness (QED) is 0.808. The third-order valence-electron chi connectivity index (χ3n) is 5.23. The van der Waals surface area contributed by atoms with Gasteiger partial charge in [0.15, 0.2) is 5.11 Å². The van der Waals surface area contributed by atoms with Crippen molar-refractivity contribution in [2.24, 2.45) is 0 Å². The Kier molecular flexibility index (Phi) is 5.59. The molecule has 0 radical (unpaired) electrons. The maximum absolute atomic E-state index is 11.8. The van der Waals surface area contributed by atoms with Gasteiger partial charge in [-0.3, -0.25) is 4.79 Å². The van der Waals surface area contributed by atoms with Crippen LogP contribution >= 0.6 is 12.2 Å². The van der Waals surface area contributed by atoms with Crippen LogP contribution < -0.4 is 10.6 Å². The Morgan fingerprint density at radius 3 is 2.56 bits per heavy atom. The van der Waals surface area contributed by atoms with E-state index in [9.17, 15) is 4.79 Å². The third kappa shape index (κ3) is 4.12. The maximum atomic E-state index is 11.8. The standard InChI is InChI=1S/C19H27N3O2S/c1-12-4-7-17(13(2)8-12)21-19(25)22-15-5-6-16(22)10-14(9-15)20-18(23)11-24-3/h4,7-8,14-16H,5-6,9-11H2,1-3H3,(H,20,23)(H,21,25)/t15-,16-/m0/s1. The normalized spacial score (nSPS) is 24.9. The van der Waals surface area contributed by atoms with Gasteiger partial charge in [-0.2, -0.15) is 0 Å². The molecule has 2 bridgehead atoms. The van der Waals surface area contributed by atoms with Crippen molar-refractivity contribution >= 4 is 28.9 Å². The summed E-state index contributed by atoms with van der Waals surface area (Å²) in [5.41, 5.74) is 3.53. The van der Waals surface area contributed by atoms with Gasteiger partial charge in [-0.25, -0.2) is 0 Å². The van der Waals surface area contributed by atoms with Crippen molar-refractivity contribution < 1.29 is 9.53 Å². The van der Waals surface area contributed by atoms with Crippen LogP contribution in [0.25, 0.3) is 0 Å². The predicted octanol–water partition coefficient (Wildman–Crippen LogP) is 2.76. The van der Waals surface area contributed by atoms with E-state index in [1.807, 2.05) is 0 Å². The first kappa shape index (κ1) is 18.1. The lowest BCUT2D eigenvalue weighted by Gasteiger charge is -2.40. The summed E-state index contributed by atoms with van der Waals surface area (Å²) in [4.78, 5) is 14.1. The van der Waals surface area contributed by atoms with E-state index in [0.717, 1.165) is 36.5 Å². The van der Waals surface area contributed by atoms with E-state index in [1.54, 1.807) is 7.11 Å². The Morgan fingerprint density at radius 1 is 1.28 bits per heavy atom. The van der Waals surface area contributed by atoms with Gasteiger partial charge in [0, 0.05) is 30.9 Å². The van der Waals surface area contributed by atoms with E-state index in [0.29, 0.717) is 12.1 Å². The molecule has 2 aliphatic rings. The second kappa shape index (κ2) is 7.70. The smallest absolute Gasteiger partial charge is 0.246 e. The summed E-state index contributed by atoms with van der Waals surface area (Å²) in [6, 6.07) is 7.38. The number of hydrogen-bond acceptors (Lipinski definition) is 3. The summed E-state index contributed by atoms with van der Waals surface area (Å²) < 4.78 is 4.91. The van der Waals surface area contributed by atoms with Crippen molar-refractivity contribution in [3.63, 3.8) is 0 Å². The Bertz CT molecular complexity index is 650. The van der Waals surface area contributed by atoms with Gasteiger partial charge in [-0.05, 0) is 63.4 Å². The molecule has 2 atom stereocenters. The molecule has 6 heteroatoms. The molecule has 0 aromatic heterocycles.